The molecule has 1 aromatic carbocycles. The number of carbonyl (C=O) groups is 1. The second-order valence-electron chi connectivity index (χ2n) is 5.81. The molecule has 4 nitrogen and oxygen atoms in total. The fourth-order valence-corrected chi connectivity index (χ4v) is 3.39. The SMILES string of the molecule is O=C(O)CCC1CCCN(Cc2cc(Br)ccc2OC(F)F)C1. The van der Waals surface area contributed by atoms with Crippen LogP contribution in [0.5, 0.6) is 5.75 Å². The highest BCUT2D eigenvalue weighted by molar-refractivity contribution is 9.10. The summed E-state index contributed by atoms with van der Waals surface area (Å²) in [6.07, 6.45) is 2.84. The Balaban J connectivity index is 2.00. The van der Waals surface area contributed by atoms with Crippen molar-refractivity contribution in [1.29, 1.82) is 0 Å². The van der Waals surface area contributed by atoms with E-state index in [1.165, 1.54) is 6.07 Å². The number of likely N-dealkylation sites (tertiary alicyclic amines) is 1. The van der Waals surface area contributed by atoms with Gasteiger partial charge in [-0.05, 0) is 49.9 Å². The first-order chi connectivity index (χ1) is 10.9. The molecule has 23 heavy (non-hydrogen) atoms. The summed E-state index contributed by atoms with van der Waals surface area (Å²) in [5, 5.41) is 8.79. The van der Waals surface area contributed by atoms with Gasteiger partial charge in [-0.25, -0.2) is 0 Å². The number of ether oxygens (including phenoxy) is 1. The fraction of sp³-hybridized carbons (Fsp3) is 0.562. The van der Waals surface area contributed by atoms with Crippen LogP contribution >= 0.6 is 15.9 Å². The number of carboxylic acid groups (broad SMARTS) is 1. The largest absolute Gasteiger partial charge is 0.481 e. The molecule has 1 fully saturated rings. The molecule has 0 bridgehead atoms. The first-order valence-corrected chi connectivity index (χ1v) is 8.40. The lowest BCUT2D eigenvalue weighted by molar-refractivity contribution is -0.137. The predicted molar refractivity (Wildman–Crippen MR) is 85.6 cm³/mol. The van der Waals surface area contributed by atoms with Gasteiger partial charge < -0.3 is 9.84 Å². The molecule has 7 heteroatoms. The number of aliphatic carboxylic acids is 1. The Labute approximate surface area is 142 Å². The summed E-state index contributed by atoms with van der Waals surface area (Å²) in [6.45, 7) is -0.664. The summed E-state index contributed by atoms with van der Waals surface area (Å²) in [7, 11) is 0. The Bertz CT molecular complexity index is 542. The molecule has 1 unspecified atom stereocenters. The molecular formula is C16H20BrF2NO3. The molecule has 2 rings (SSSR count). The molecule has 0 amide bonds. The van der Waals surface area contributed by atoms with Crippen LogP contribution in [0.15, 0.2) is 22.7 Å². The van der Waals surface area contributed by atoms with Crippen molar-refractivity contribution in [3.63, 3.8) is 0 Å². The van der Waals surface area contributed by atoms with E-state index >= 15 is 0 Å². The van der Waals surface area contributed by atoms with Crippen LogP contribution < -0.4 is 4.74 Å². The van der Waals surface area contributed by atoms with Crippen LogP contribution in [0.25, 0.3) is 0 Å². The van der Waals surface area contributed by atoms with Crippen LogP contribution in [0, 0.1) is 5.92 Å². The van der Waals surface area contributed by atoms with Crippen LogP contribution in [0.4, 0.5) is 8.78 Å². The molecule has 1 saturated heterocycles. The molecule has 0 aromatic heterocycles. The molecule has 1 heterocycles. The third-order valence-corrected chi connectivity index (χ3v) is 4.50. The maximum absolute atomic E-state index is 12.5. The van der Waals surface area contributed by atoms with E-state index in [1.807, 2.05) is 0 Å². The number of benzene rings is 1. The maximum Gasteiger partial charge on any atom is 0.387 e. The standard InChI is InChI=1S/C16H20BrF2NO3/c17-13-4-5-14(23-16(18)19)12(8-13)10-20-7-1-2-11(9-20)3-6-15(21)22/h4-5,8,11,16H,1-3,6-7,9-10H2,(H,21,22). The second-order valence-corrected chi connectivity index (χ2v) is 6.72. The summed E-state index contributed by atoms with van der Waals surface area (Å²) in [5.74, 6) is -0.246. The van der Waals surface area contributed by atoms with Crippen molar-refractivity contribution in [2.75, 3.05) is 13.1 Å². The smallest absolute Gasteiger partial charge is 0.387 e. The third kappa shape index (κ3) is 6.06. The van der Waals surface area contributed by atoms with Gasteiger partial charge in [0.05, 0.1) is 0 Å². The number of hydrogen-bond acceptors (Lipinski definition) is 3. The minimum atomic E-state index is -2.85. The van der Waals surface area contributed by atoms with Crippen molar-refractivity contribution in [2.24, 2.45) is 5.92 Å². The first kappa shape index (κ1) is 18.1. The van der Waals surface area contributed by atoms with Crippen molar-refractivity contribution in [2.45, 2.75) is 38.8 Å². The maximum atomic E-state index is 12.5. The zero-order valence-corrected chi connectivity index (χ0v) is 14.3. The van der Waals surface area contributed by atoms with Crippen LogP contribution in [-0.2, 0) is 11.3 Å². The minimum Gasteiger partial charge on any atom is -0.481 e. The van der Waals surface area contributed by atoms with Gasteiger partial charge in [0, 0.05) is 29.5 Å². The molecule has 1 aliphatic rings. The average Bonchev–Trinajstić information content (AvgIpc) is 2.48. The first-order valence-electron chi connectivity index (χ1n) is 7.61. The molecule has 0 spiro atoms. The summed E-state index contributed by atoms with van der Waals surface area (Å²) in [4.78, 5) is 12.9. The summed E-state index contributed by atoms with van der Waals surface area (Å²) in [6, 6.07) is 5.00. The van der Waals surface area contributed by atoms with E-state index in [2.05, 4.69) is 25.6 Å². The van der Waals surface area contributed by atoms with Gasteiger partial charge in [0.1, 0.15) is 5.75 Å². The molecule has 0 radical (unpaired) electrons. The van der Waals surface area contributed by atoms with Gasteiger partial charge in [-0.15, -0.1) is 0 Å². The third-order valence-electron chi connectivity index (χ3n) is 4.00. The molecule has 1 N–H and O–H groups in total. The van der Waals surface area contributed by atoms with Gasteiger partial charge >= 0.3 is 12.6 Å². The number of halogens is 3. The Morgan fingerprint density at radius 2 is 2.26 bits per heavy atom. The number of alkyl halides is 2. The van der Waals surface area contributed by atoms with E-state index in [-0.39, 0.29) is 12.2 Å². The van der Waals surface area contributed by atoms with E-state index in [0.29, 0.717) is 24.4 Å². The van der Waals surface area contributed by atoms with Gasteiger partial charge in [-0.3, -0.25) is 9.69 Å². The topological polar surface area (TPSA) is 49.8 Å². The zero-order valence-electron chi connectivity index (χ0n) is 12.7. The van der Waals surface area contributed by atoms with E-state index < -0.39 is 12.6 Å². The Morgan fingerprint density at radius 1 is 1.48 bits per heavy atom. The van der Waals surface area contributed by atoms with Crippen molar-refractivity contribution in [1.82, 2.24) is 4.90 Å². The number of rotatable bonds is 7. The molecule has 0 aliphatic carbocycles. The summed E-state index contributed by atoms with van der Waals surface area (Å²) < 4.78 is 30.4. The Hall–Kier alpha value is -1.21. The second kappa shape index (κ2) is 8.59. The molecule has 1 aliphatic heterocycles. The van der Waals surface area contributed by atoms with Crippen LogP contribution in [0.3, 0.4) is 0 Å². The fourth-order valence-electron chi connectivity index (χ4n) is 2.98. The van der Waals surface area contributed by atoms with Crippen molar-refractivity contribution in [3.05, 3.63) is 28.2 Å². The quantitative estimate of drug-likeness (QED) is 0.758. The highest BCUT2D eigenvalue weighted by Gasteiger charge is 2.22. The highest BCUT2D eigenvalue weighted by Crippen LogP contribution is 2.28. The molecule has 128 valence electrons. The molecule has 1 atom stereocenters. The lowest BCUT2D eigenvalue weighted by Gasteiger charge is -2.33. The van der Waals surface area contributed by atoms with Gasteiger partial charge in [0.2, 0.25) is 0 Å². The van der Waals surface area contributed by atoms with Gasteiger partial charge in [-0.2, -0.15) is 8.78 Å². The van der Waals surface area contributed by atoms with Gasteiger partial charge in [0.25, 0.3) is 0 Å². The van der Waals surface area contributed by atoms with E-state index in [4.69, 9.17) is 5.11 Å². The molecule has 1 aromatic rings. The number of piperidine rings is 1. The van der Waals surface area contributed by atoms with Crippen LogP contribution in [0.2, 0.25) is 0 Å². The van der Waals surface area contributed by atoms with Gasteiger partial charge in [0.15, 0.2) is 0 Å². The predicted octanol–water partition coefficient (Wildman–Crippen LogP) is 4.13. The number of carboxylic acids is 1. The number of hydrogen-bond donors (Lipinski definition) is 1. The van der Waals surface area contributed by atoms with Crippen molar-refractivity contribution in [3.8, 4) is 5.75 Å². The Morgan fingerprint density at radius 3 is 2.96 bits per heavy atom. The lowest BCUT2D eigenvalue weighted by atomic mass is 9.93. The van der Waals surface area contributed by atoms with Crippen LogP contribution in [-0.4, -0.2) is 35.7 Å². The normalized spacial score (nSPS) is 19.0. The summed E-state index contributed by atoms with van der Waals surface area (Å²) in [5.41, 5.74) is 0.707. The summed E-state index contributed by atoms with van der Waals surface area (Å²) >= 11 is 3.35. The van der Waals surface area contributed by atoms with E-state index in [9.17, 15) is 13.6 Å². The van der Waals surface area contributed by atoms with Crippen molar-refractivity contribution >= 4 is 21.9 Å². The van der Waals surface area contributed by atoms with E-state index in [1.54, 1.807) is 12.1 Å². The lowest BCUT2D eigenvalue weighted by Crippen LogP contribution is -2.35. The molecular weight excluding hydrogens is 372 g/mol. The zero-order chi connectivity index (χ0) is 16.8. The minimum absolute atomic E-state index is 0.176. The number of nitrogens with zero attached hydrogens (tertiary/aromatic N) is 1. The van der Waals surface area contributed by atoms with E-state index in [0.717, 1.165) is 30.4 Å². The van der Waals surface area contributed by atoms with Crippen molar-refractivity contribution < 1.29 is 23.4 Å². The average molecular weight is 392 g/mol. The molecule has 0 saturated carbocycles. The van der Waals surface area contributed by atoms with Gasteiger partial charge in [-0.1, -0.05) is 15.9 Å². The highest BCUT2D eigenvalue weighted by atomic mass is 79.9. The monoisotopic (exact) mass is 391 g/mol. The Kier molecular flexibility index (Phi) is 6.77. The van der Waals surface area contributed by atoms with Crippen LogP contribution in [0.1, 0.15) is 31.2 Å².